The van der Waals surface area contributed by atoms with E-state index in [2.05, 4.69) is 0 Å². The minimum absolute atomic E-state index is 0.0311. The van der Waals surface area contributed by atoms with Gasteiger partial charge in [-0.2, -0.15) is 0 Å². The van der Waals surface area contributed by atoms with Gasteiger partial charge in [0.1, 0.15) is 5.75 Å². The molecule has 0 bridgehead atoms. The smallest absolute Gasteiger partial charge is 0.163 e. The summed E-state index contributed by atoms with van der Waals surface area (Å²) in [6.45, 7) is 1.95. The third-order valence-electron chi connectivity index (χ3n) is 3.63. The number of Topliss-reactive ketones (excluding diaryl/α,β-unsaturated/α-hetero) is 1. The lowest BCUT2D eigenvalue weighted by Gasteiger charge is -2.12. The molecule has 3 heteroatoms. The second-order valence-corrected chi connectivity index (χ2v) is 5.62. The van der Waals surface area contributed by atoms with Crippen LogP contribution in [0, 0.1) is 0 Å². The van der Waals surface area contributed by atoms with Crippen molar-refractivity contribution in [3.05, 3.63) is 65.2 Å². The van der Waals surface area contributed by atoms with E-state index in [0.717, 1.165) is 23.3 Å². The monoisotopic (exact) mass is 297 g/mol. The molecule has 2 rings (SSSR count). The van der Waals surface area contributed by atoms with Crippen molar-refractivity contribution in [3.63, 3.8) is 0 Å². The molecule has 0 saturated carbocycles. The summed E-state index contributed by atoms with van der Waals surface area (Å²) in [7, 11) is 1.64. The van der Waals surface area contributed by atoms with Gasteiger partial charge in [0.05, 0.1) is 7.11 Å². The van der Waals surface area contributed by atoms with Gasteiger partial charge in [-0.1, -0.05) is 30.3 Å². The highest BCUT2D eigenvalue weighted by Gasteiger charge is 2.11. The molecule has 0 amide bonds. The van der Waals surface area contributed by atoms with Gasteiger partial charge in [0.2, 0.25) is 0 Å². The maximum Gasteiger partial charge on any atom is 0.163 e. The molecule has 0 radical (unpaired) electrons. The zero-order valence-electron chi connectivity index (χ0n) is 13.2. The van der Waals surface area contributed by atoms with Crippen LogP contribution in [-0.2, 0) is 12.8 Å². The fourth-order valence-corrected chi connectivity index (χ4v) is 2.51. The summed E-state index contributed by atoms with van der Waals surface area (Å²) in [5.41, 5.74) is 8.77. The van der Waals surface area contributed by atoms with Gasteiger partial charge < -0.3 is 10.5 Å². The molecule has 2 aromatic rings. The maximum absolute atomic E-state index is 12.4. The van der Waals surface area contributed by atoms with Crippen molar-refractivity contribution >= 4 is 5.78 Å². The van der Waals surface area contributed by atoms with Crippen LogP contribution < -0.4 is 10.5 Å². The number of hydrogen-bond acceptors (Lipinski definition) is 3. The molecule has 0 saturated heterocycles. The van der Waals surface area contributed by atoms with Crippen molar-refractivity contribution in [2.45, 2.75) is 32.2 Å². The number of carbonyl (C=O) groups is 1. The Kier molecular flexibility index (Phi) is 5.73. The van der Waals surface area contributed by atoms with Crippen LogP contribution in [-0.4, -0.2) is 18.9 Å². The van der Waals surface area contributed by atoms with Gasteiger partial charge in [0.25, 0.3) is 0 Å². The van der Waals surface area contributed by atoms with Crippen molar-refractivity contribution < 1.29 is 9.53 Å². The number of benzene rings is 2. The average Bonchev–Trinajstić information content (AvgIpc) is 2.53. The number of carbonyl (C=O) groups excluding carboxylic acids is 1. The largest absolute Gasteiger partial charge is 0.496 e. The van der Waals surface area contributed by atoms with Crippen LogP contribution in [0.1, 0.15) is 34.8 Å². The van der Waals surface area contributed by atoms with Gasteiger partial charge in [0.15, 0.2) is 5.78 Å². The topological polar surface area (TPSA) is 52.3 Å². The number of ketones is 1. The first-order valence-electron chi connectivity index (χ1n) is 7.59. The molecular weight excluding hydrogens is 274 g/mol. The Balaban J connectivity index is 2.09. The first kappa shape index (κ1) is 16.2. The Bertz CT molecular complexity index is 621. The molecule has 0 aromatic heterocycles. The number of aryl methyl sites for hydroxylation is 1. The van der Waals surface area contributed by atoms with Gasteiger partial charge >= 0.3 is 0 Å². The van der Waals surface area contributed by atoms with E-state index in [9.17, 15) is 4.79 Å². The van der Waals surface area contributed by atoms with E-state index in [1.165, 1.54) is 5.56 Å². The van der Waals surface area contributed by atoms with Crippen molar-refractivity contribution in [1.82, 2.24) is 0 Å². The van der Waals surface area contributed by atoms with Crippen LogP contribution in [0.15, 0.2) is 48.5 Å². The van der Waals surface area contributed by atoms with E-state index < -0.39 is 0 Å². The number of nitrogens with two attached hydrogens (primary N) is 1. The van der Waals surface area contributed by atoms with E-state index in [4.69, 9.17) is 10.5 Å². The average molecular weight is 297 g/mol. The Hall–Kier alpha value is -2.13. The zero-order valence-corrected chi connectivity index (χ0v) is 13.2. The van der Waals surface area contributed by atoms with E-state index in [1.54, 1.807) is 7.11 Å². The SMILES string of the molecule is COc1ccc(C(=O)CCc2ccccc2)cc1CC(C)N. The van der Waals surface area contributed by atoms with Crippen LogP contribution in [0.2, 0.25) is 0 Å². The third-order valence-corrected chi connectivity index (χ3v) is 3.63. The van der Waals surface area contributed by atoms with E-state index in [-0.39, 0.29) is 11.8 Å². The molecule has 0 fully saturated rings. The van der Waals surface area contributed by atoms with Crippen LogP contribution in [0.5, 0.6) is 5.75 Å². The summed E-state index contributed by atoms with van der Waals surface area (Å²) < 4.78 is 5.34. The quantitative estimate of drug-likeness (QED) is 0.797. The molecule has 3 nitrogen and oxygen atoms in total. The zero-order chi connectivity index (χ0) is 15.9. The summed E-state index contributed by atoms with van der Waals surface area (Å²) in [4.78, 5) is 12.4. The van der Waals surface area contributed by atoms with Gasteiger partial charge in [-0.3, -0.25) is 4.79 Å². The molecule has 0 spiro atoms. The van der Waals surface area contributed by atoms with Crippen molar-refractivity contribution in [1.29, 1.82) is 0 Å². The number of ether oxygens (including phenoxy) is 1. The summed E-state index contributed by atoms with van der Waals surface area (Å²) in [6, 6.07) is 15.7. The van der Waals surface area contributed by atoms with E-state index in [1.807, 2.05) is 55.5 Å². The molecule has 0 aliphatic heterocycles. The summed E-state index contributed by atoms with van der Waals surface area (Å²) in [5.74, 6) is 0.939. The lowest BCUT2D eigenvalue weighted by Crippen LogP contribution is -2.18. The van der Waals surface area contributed by atoms with Crippen molar-refractivity contribution in [2.24, 2.45) is 5.73 Å². The molecule has 2 aromatic carbocycles. The van der Waals surface area contributed by atoms with Crippen LogP contribution in [0.25, 0.3) is 0 Å². The first-order valence-corrected chi connectivity index (χ1v) is 7.59. The number of methoxy groups -OCH3 is 1. The van der Waals surface area contributed by atoms with Crippen molar-refractivity contribution in [3.8, 4) is 5.75 Å². The van der Waals surface area contributed by atoms with Gasteiger partial charge in [-0.05, 0) is 49.1 Å². The number of rotatable bonds is 7. The highest BCUT2D eigenvalue weighted by molar-refractivity contribution is 5.96. The maximum atomic E-state index is 12.4. The predicted octanol–water partition coefficient (Wildman–Crippen LogP) is 3.40. The molecule has 116 valence electrons. The van der Waals surface area contributed by atoms with Crippen LogP contribution >= 0.6 is 0 Å². The molecule has 22 heavy (non-hydrogen) atoms. The Morgan fingerprint density at radius 1 is 1.18 bits per heavy atom. The number of hydrogen-bond donors (Lipinski definition) is 1. The Morgan fingerprint density at radius 2 is 1.91 bits per heavy atom. The molecule has 0 heterocycles. The van der Waals surface area contributed by atoms with Gasteiger partial charge in [0, 0.05) is 18.0 Å². The third kappa shape index (κ3) is 4.43. The summed E-state index contributed by atoms with van der Waals surface area (Å²) in [5, 5.41) is 0. The van der Waals surface area contributed by atoms with Crippen LogP contribution in [0.4, 0.5) is 0 Å². The van der Waals surface area contributed by atoms with Crippen LogP contribution in [0.3, 0.4) is 0 Å². The standard InChI is InChI=1S/C19H23NO2/c1-14(20)12-17-13-16(9-11-19(17)22-2)18(21)10-8-15-6-4-3-5-7-15/h3-7,9,11,13-14H,8,10,12,20H2,1-2H3. The summed E-state index contributed by atoms with van der Waals surface area (Å²) in [6.07, 6.45) is 1.96. The molecule has 2 N–H and O–H groups in total. The molecular formula is C19H23NO2. The second-order valence-electron chi connectivity index (χ2n) is 5.62. The highest BCUT2D eigenvalue weighted by atomic mass is 16.5. The molecule has 0 aliphatic rings. The highest BCUT2D eigenvalue weighted by Crippen LogP contribution is 2.22. The Morgan fingerprint density at radius 3 is 2.55 bits per heavy atom. The fourth-order valence-electron chi connectivity index (χ4n) is 2.51. The van der Waals surface area contributed by atoms with Gasteiger partial charge in [-0.15, -0.1) is 0 Å². The lowest BCUT2D eigenvalue weighted by molar-refractivity contribution is 0.0982. The second kappa shape index (κ2) is 7.76. The fraction of sp³-hybridized carbons (Fsp3) is 0.316. The predicted molar refractivity (Wildman–Crippen MR) is 89.4 cm³/mol. The summed E-state index contributed by atoms with van der Waals surface area (Å²) >= 11 is 0. The normalized spacial score (nSPS) is 12.0. The minimum atomic E-state index is 0.0311. The van der Waals surface area contributed by atoms with Gasteiger partial charge in [-0.25, -0.2) is 0 Å². The minimum Gasteiger partial charge on any atom is -0.496 e. The lowest BCUT2D eigenvalue weighted by atomic mass is 9.98. The Labute approximate surface area is 132 Å². The van der Waals surface area contributed by atoms with Crippen molar-refractivity contribution in [2.75, 3.05) is 7.11 Å². The molecule has 1 atom stereocenters. The van der Waals surface area contributed by atoms with E-state index in [0.29, 0.717) is 12.8 Å². The molecule has 1 unspecified atom stereocenters. The first-order chi connectivity index (χ1) is 10.6. The van der Waals surface area contributed by atoms with E-state index >= 15 is 0 Å². The molecule has 0 aliphatic carbocycles.